The monoisotopic (exact) mass is 267 g/mol. The summed E-state index contributed by atoms with van der Waals surface area (Å²) in [7, 11) is -3.04. The lowest BCUT2D eigenvalue weighted by Gasteiger charge is -2.15. The fourth-order valence-electron chi connectivity index (χ4n) is 1.81. The van der Waals surface area contributed by atoms with Gasteiger partial charge in [0.1, 0.15) is 0 Å². The smallest absolute Gasteiger partial charge is 0.211 e. The quantitative estimate of drug-likeness (QED) is 0.652. The first-order chi connectivity index (χ1) is 7.57. The first-order valence-corrected chi connectivity index (χ1v) is 8.29. The van der Waals surface area contributed by atoms with Gasteiger partial charge in [-0.1, -0.05) is 13.3 Å². The van der Waals surface area contributed by atoms with E-state index in [0.717, 1.165) is 32.1 Å². The Balaban J connectivity index is 2.28. The zero-order chi connectivity index (χ0) is 12.0. The normalized spacial score (nSPS) is 18.6. The third-order valence-corrected chi connectivity index (χ3v) is 4.69. The van der Waals surface area contributed by atoms with E-state index < -0.39 is 10.0 Å². The topological polar surface area (TPSA) is 46.2 Å². The largest absolute Gasteiger partial charge is 0.215 e. The van der Waals surface area contributed by atoms with E-state index in [-0.39, 0.29) is 0 Å². The zero-order valence-electron chi connectivity index (χ0n) is 9.91. The second-order valence-electron chi connectivity index (χ2n) is 4.71. The fraction of sp³-hybridized carbons (Fsp3) is 1.00. The Hall–Kier alpha value is 0.200. The molecule has 0 aromatic heterocycles. The van der Waals surface area contributed by atoms with Gasteiger partial charge >= 0.3 is 0 Å². The highest BCUT2D eigenvalue weighted by Gasteiger charge is 2.28. The van der Waals surface area contributed by atoms with Crippen molar-refractivity contribution in [3.63, 3.8) is 0 Å². The van der Waals surface area contributed by atoms with Gasteiger partial charge in [0.25, 0.3) is 0 Å². The van der Waals surface area contributed by atoms with E-state index in [4.69, 9.17) is 11.6 Å². The Labute approximate surface area is 104 Å². The zero-order valence-corrected chi connectivity index (χ0v) is 11.5. The summed E-state index contributed by atoms with van der Waals surface area (Å²) in [6.45, 7) is 2.66. The van der Waals surface area contributed by atoms with Crippen LogP contribution in [0.5, 0.6) is 0 Å². The molecule has 0 bridgehead atoms. The highest BCUT2D eigenvalue weighted by molar-refractivity contribution is 7.89. The second-order valence-corrected chi connectivity index (χ2v) is 6.94. The lowest BCUT2D eigenvalue weighted by Crippen LogP contribution is -2.32. The van der Waals surface area contributed by atoms with Crippen LogP contribution in [0.15, 0.2) is 0 Å². The highest BCUT2D eigenvalue weighted by atomic mass is 35.5. The number of rotatable bonds is 9. The average molecular weight is 268 g/mol. The Bertz CT molecular complexity index is 282. The first-order valence-electron chi connectivity index (χ1n) is 6.10. The van der Waals surface area contributed by atoms with Gasteiger partial charge in [-0.05, 0) is 37.5 Å². The predicted molar refractivity (Wildman–Crippen MR) is 68.2 cm³/mol. The summed E-state index contributed by atoms with van der Waals surface area (Å²) < 4.78 is 26.0. The summed E-state index contributed by atoms with van der Waals surface area (Å²) in [5, 5.41) is 0. The maximum absolute atomic E-state index is 11.6. The molecule has 0 aromatic carbocycles. The second kappa shape index (κ2) is 6.82. The highest BCUT2D eigenvalue weighted by Crippen LogP contribution is 2.30. The van der Waals surface area contributed by atoms with Crippen molar-refractivity contribution < 1.29 is 8.42 Å². The SMILES string of the molecule is CCCC(CCCl)CNS(=O)(=O)CC1CC1. The van der Waals surface area contributed by atoms with Crippen LogP contribution in [-0.2, 0) is 10.0 Å². The summed E-state index contributed by atoms with van der Waals surface area (Å²) in [4.78, 5) is 0. The molecule has 96 valence electrons. The van der Waals surface area contributed by atoms with E-state index in [2.05, 4.69) is 11.6 Å². The standard InChI is InChI=1S/C11H22ClNO2S/c1-2-3-10(6-7-12)8-13-16(14,15)9-11-4-5-11/h10-11,13H,2-9H2,1H3. The van der Waals surface area contributed by atoms with Crippen LogP contribution in [0.1, 0.15) is 39.0 Å². The van der Waals surface area contributed by atoms with E-state index in [9.17, 15) is 8.42 Å². The number of sulfonamides is 1. The number of hydrogen-bond acceptors (Lipinski definition) is 2. The molecule has 0 aromatic rings. The molecular formula is C11H22ClNO2S. The van der Waals surface area contributed by atoms with Gasteiger partial charge in [-0.25, -0.2) is 13.1 Å². The lowest BCUT2D eigenvalue weighted by atomic mass is 10.0. The van der Waals surface area contributed by atoms with Gasteiger partial charge in [0.05, 0.1) is 5.75 Å². The summed E-state index contributed by atoms with van der Waals surface area (Å²) in [5.41, 5.74) is 0. The van der Waals surface area contributed by atoms with Gasteiger partial charge in [-0.3, -0.25) is 0 Å². The van der Waals surface area contributed by atoms with Crippen molar-refractivity contribution in [3.05, 3.63) is 0 Å². The molecule has 1 rings (SSSR count). The summed E-state index contributed by atoms with van der Waals surface area (Å²) in [6.07, 6.45) is 5.15. The average Bonchev–Trinajstić information content (AvgIpc) is 2.98. The molecule has 0 heterocycles. The summed E-state index contributed by atoms with van der Waals surface area (Å²) >= 11 is 5.70. The summed E-state index contributed by atoms with van der Waals surface area (Å²) in [5.74, 6) is 1.72. The van der Waals surface area contributed by atoms with Crippen molar-refractivity contribution in [1.29, 1.82) is 0 Å². The Kier molecular flexibility index (Phi) is 6.08. The molecule has 0 amide bonds. The first kappa shape index (κ1) is 14.3. The molecule has 3 nitrogen and oxygen atoms in total. The van der Waals surface area contributed by atoms with E-state index in [1.54, 1.807) is 0 Å². The van der Waals surface area contributed by atoms with E-state index in [0.29, 0.717) is 30.0 Å². The van der Waals surface area contributed by atoms with Crippen LogP contribution in [0.25, 0.3) is 0 Å². The molecule has 1 aliphatic carbocycles. The van der Waals surface area contributed by atoms with Gasteiger partial charge in [0.15, 0.2) is 0 Å². The molecule has 0 radical (unpaired) electrons. The molecule has 1 N–H and O–H groups in total. The van der Waals surface area contributed by atoms with Crippen LogP contribution in [-0.4, -0.2) is 26.6 Å². The molecule has 0 saturated heterocycles. The van der Waals surface area contributed by atoms with Gasteiger partial charge < -0.3 is 0 Å². The van der Waals surface area contributed by atoms with Crippen LogP contribution >= 0.6 is 11.6 Å². The minimum absolute atomic E-state index is 0.312. The molecule has 0 spiro atoms. The van der Waals surface area contributed by atoms with Crippen molar-refractivity contribution in [2.45, 2.75) is 39.0 Å². The van der Waals surface area contributed by atoms with E-state index in [1.807, 2.05) is 0 Å². The number of alkyl halides is 1. The minimum atomic E-state index is -3.04. The molecule has 1 saturated carbocycles. The van der Waals surface area contributed by atoms with E-state index >= 15 is 0 Å². The fourth-order valence-corrected chi connectivity index (χ4v) is 3.68. The molecule has 0 aliphatic heterocycles. The third-order valence-electron chi connectivity index (χ3n) is 2.96. The van der Waals surface area contributed by atoms with Gasteiger partial charge in [0.2, 0.25) is 10.0 Å². The van der Waals surface area contributed by atoms with Crippen LogP contribution in [0, 0.1) is 11.8 Å². The number of nitrogens with one attached hydrogen (secondary N) is 1. The number of hydrogen-bond donors (Lipinski definition) is 1. The third kappa shape index (κ3) is 6.06. The number of halogens is 1. The predicted octanol–water partition coefficient (Wildman–Crippen LogP) is 2.36. The van der Waals surface area contributed by atoms with Crippen LogP contribution < -0.4 is 4.72 Å². The van der Waals surface area contributed by atoms with Crippen LogP contribution in [0.2, 0.25) is 0 Å². The van der Waals surface area contributed by atoms with Crippen LogP contribution in [0.4, 0.5) is 0 Å². The Morgan fingerprint density at radius 2 is 2.06 bits per heavy atom. The molecule has 1 aliphatic rings. The maximum Gasteiger partial charge on any atom is 0.211 e. The Morgan fingerprint density at radius 3 is 2.56 bits per heavy atom. The van der Waals surface area contributed by atoms with Gasteiger partial charge in [-0.2, -0.15) is 0 Å². The van der Waals surface area contributed by atoms with Crippen molar-refractivity contribution in [3.8, 4) is 0 Å². The van der Waals surface area contributed by atoms with Crippen molar-refractivity contribution in [2.24, 2.45) is 11.8 Å². The van der Waals surface area contributed by atoms with Gasteiger partial charge in [-0.15, -0.1) is 11.6 Å². The van der Waals surface area contributed by atoms with Crippen LogP contribution in [0.3, 0.4) is 0 Å². The maximum atomic E-state index is 11.6. The van der Waals surface area contributed by atoms with Crippen molar-refractivity contribution in [1.82, 2.24) is 4.72 Å². The molecule has 1 unspecified atom stereocenters. The minimum Gasteiger partial charge on any atom is -0.215 e. The Morgan fingerprint density at radius 1 is 1.38 bits per heavy atom. The van der Waals surface area contributed by atoms with Crippen molar-refractivity contribution in [2.75, 3.05) is 18.2 Å². The molecule has 16 heavy (non-hydrogen) atoms. The molecular weight excluding hydrogens is 246 g/mol. The summed E-state index contributed by atoms with van der Waals surface area (Å²) in [6, 6.07) is 0. The molecule has 1 atom stereocenters. The van der Waals surface area contributed by atoms with Gasteiger partial charge in [0, 0.05) is 12.4 Å². The van der Waals surface area contributed by atoms with E-state index in [1.165, 1.54) is 0 Å². The lowest BCUT2D eigenvalue weighted by molar-refractivity contribution is 0.456. The molecule has 5 heteroatoms. The molecule has 1 fully saturated rings. The van der Waals surface area contributed by atoms with Crippen molar-refractivity contribution >= 4 is 21.6 Å².